The van der Waals surface area contributed by atoms with Crippen LogP contribution in [0.25, 0.3) is 10.9 Å². The zero-order valence-electron chi connectivity index (χ0n) is 16.4. The Morgan fingerprint density at radius 3 is 2.54 bits per heavy atom. The van der Waals surface area contributed by atoms with Gasteiger partial charge in [-0.2, -0.15) is 0 Å². The van der Waals surface area contributed by atoms with Crippen LogP contribution < -0.4 is 0 Å². The van der Waals surface area contributed by atoms with Gasteiger partial charge in [-0.3, -0.25) is 19.4 Å². The number of H-pyrrole nitrogens is 1. The molecule has 7 heteroatoms. The number of carbonyl (C=O) groups excluding carboxylic acids is 2. The fraction of sp³-hybridized carbons (Fsp3) is 0.524. The number of para-hydroxylation sites is 1. The number of nitrogens with one attached hydrogen (secondary N) is 1. The van der Waals surface area contributed by atoms with E-state index >= 15 is 0 Å². The highest BCUT2D eigenvalue weighted by molar-refractivity contribution is 6.10. The molecular weight excluding hydrogens is 356 g/mol. The van der Waals surface area contributed by atoms with Crippen LogP contribution in [0.1, 0.15) is 17.3 Å². The molecule has 1 unspecified atom stereocenters. The number of ether oxygens (including phenoxy) is 1. The van der Waals surface area contributed by atoms with Gasteiger partial charge in [0.2, 0.25) is 5.91 Å². The third-order valence-corrected chi connectivity index (χ3v) is 5.91. The number of Topliss-reactive ketones (excluding diaryl/α,β-unsaturated/α-hetero) is 1. The Kier molecular flexibility index (Phi) is 5.75. The molecule has 1 amide bonds. The van der Waals surface area contributed by atoms with Crippen LogP contribution in [0.5, 0.6) is 0 Å². The molecule has 2 aliphatic rings. The molecule has 150 valence electrons. The SMILES string of the molecule is CC(C(=O)c1c[nH]c2ccccc12)N1CCN(C(=O)CN2CCOCC2)CC1. The van der Waals surface area contributed by atoms with Crippen LogP contribution in [0, 0.1) is 0 Å². The molecule has 0 radical (unpaired) electrons. The van der Waals surface area contributed by atoms with Crippen molar-refractivity contribution in [2.45, 2.75) is 13.0 Å². The van der Waals surface area contributed by atoms with Gasteiger partial charge >= 0.3 is 0 Å². The van der Waals surface area contributed by atoms with Gasteiger partial charge in [0, 0.05) is 61.9 Å². The number of benzene rings is 1. The van der Waals surface area contributed by atoms with E-state index in [0.29, 0.717) is 32.8 Å². The fourth-order valence-electron chi connectivity index (χ4n) is 4.08. The van der Waals surface area contributed by atoms with Crippen LogP contribution in [0.2, 0.25) is 0 Å². The van der Waals surface area contributed by atoms with Crippen LogP contribution in [0.4, 0.5) is 0 Å². The van der Waals surface area contributed by atoms with Gasteiger partial charge in [0.15, 0.2) is 5.78 Å². The normalized spacial score (nSPS) is 20.4. The molecule has 0 spiro atoms. The molecule has 1 aromatic carbocycles. The highest BCUT2D eigenvalue weighted by atomic mass is 16.5. The first-order chi connectivity index (χ1) is 13.6. The lowest BCUT2D eigenvalue weighted by molar-refractivity contribution is -0.135. The van der Waals surface area contributed by atoms with E-state index in [9.17, 15) is 9.59 Å². The maximum absolute atomic E-state index is 13.0. The number of ketones is 1. The van der Waals surface area contributed by atoms with E-state index in [1.54, 1.807) is 0 Å². The van der Waals surface area contributed by atoms with E-state index in [1.165, 1.54) is 0 Å². The van der Waals surface area contributed by atoms with E-state index in [4.69, 9.17) is 4.74 Å². The number of nitrogens with zero attached hydrogens (tertiary/aromatic N) is 3. The van der Waals surface area contributed by atoms with Gasteiger partial charge in [-0.1, -0.05) is 18.2 Å². The summed E-state index contributed by atoms with van der Waals surface area (Å²) in [6.45, 7) is 8.28. The van der Waals surface area contributed by atoms with Crippen LogP contribution in [0.3, 0.4) is 0 Å². The van der Waals surface area contributed by atoms with Crippen molar-refractivity contribution in [2.24, 2.45) is 0 Å². The minimum Gasteiger partial charge on any atom is -0.379 e. The minimum atomic E-state index is -0.198. The number of piperazine rings is 1. The molecule has 2 saturated heterocycles. The Morgan fingerprint density at radius 2 is 1.79 bits per heavy atom. The lowest BCUT2D eigenvalue weighted by Crippen LogP contribution is -2.55. The van der Waals surface area contributed by atoms with Crippen LogP contribution >= 0.6 is 0 Å². The molecule has 2 aromatic rings. The Morgan fingerprint density at radius 1 is 1.07 bits per heavy atom. The molecule has 0 saturated carbocycles. The van der Waals surface area contributed by atoms with Gasteiger partial charge in [-0.25, -0.2) is 0 Å². The predicted molar refractivity (Wildman–Crippen MR) is 108 cm³/mol. The first kappa shape index (κ1) is 19.1. The van der Waals surface area contributed by atoms with Crippen LogP contribution in [-0.4, -0.2) is 96.4 Å². The lowest BCUT2D eigenvalue weighted by Gasteiger charge is -2.38. The van der Waals surface area contributed by atoms with Gasteiger partial charge in [0.1, 0.15) is 0 Å². The van der Waals surface area contributed by atoms with E-state index in [2.05, 4.69) is 14.8 Å². The molecule has 28 heavy (non-hydrogen) atoms. The van der Waals surface area contributed by atoms with Gasteiger partial charge in [-0.05, 0) is 13.0 Å². The highest BCUT2D eigenvalue weighted by Gasteiger charge is 2.29. The third kappa shape index (κ3) is 3.97. The topological polar surface area (TPSA) is 68.9 Å². The summed E-state index contributed by atoms with van der Waals surface area (Å²) in [4.78, 5) is 35.0. The second-order valence-electron chi connectivity index (χ2n) is 7.59. The zero-order chi connectivity index (χ0) is 19.5. The molecule has 2 fully saturated rings. The molecule has 7 nitrogen and oxygen atoms in total. The summed E-state index contributed by atoms with van der Waals surface area (Å²) in [6.07, 6.45) is 1.81. The Bertz CT molecular complexity index is 835. The number of hydrogen-bond acceptors (Lipinski definition) is 5. The van der Waals surface area contributed by atoms with Crippen molar-refractivity contribution in [3.05, 3.63) is 36.0 Å². The summed E-state index contributed by atoms with van der Waals surface area (Å²) < 4.78 is 5.34. The summed E-state index contributed by atoms with van der Waals surface area (Å²) in [5, 5.41) is 0.971. The average molecular weight is 384 g/mol. The van der Waals surface area contributed by atoms with Crippen LogP contribution in [-0.2, 0) is 9.53 Å². The Labute approximate surface area is 165 Å². The monoisotopic (exact) mass is 384 g/mol. The standard InChI is InChI=1S/C21H28N4O3/c1-16(21(27)18-14-22-19-5-3-2-4-17(18)19)24-6-8-25(9-7-24)20(26)15-23-10-12-28-13-11-23/h2-5,14,16,22H,6-13,15H2,1H3. The highest BCUT2D eigenvalue weighted by Crippen LogP contribution is 2.21. The van der Waals surface area contributed by atoms with E-state index < -0.39 is 0 Å². The van der Waals surface area contributed by atoms with Crippen molar-refractivity contribution in [1.82, 2.24) is 19.7 Å². The summed E-state index contributed by atoms with van der Waals surface area (Å²) >= 11 is 0. The van der Waals surface area contributed by atoms with E-state index in [0.717, 1.165) is 42.6 Å². The first-order valence-corrected chi connectivity index (χ1v) is 10.1. The second kappa shape index (κ2) is 8.43. The number of hydrogen-bond donors (Lipinski definition) is 1. The van der Waals surface area contributed by atoms with Crippen molar-refractivity contribution in [2.75, 3.05) is 59.0 Å². The van der Waals surface area contributed by atoms with Crippen molar-refractivity contribution in [3.8, 4) is 0 Å². The second-order valence-corrected chi connectivity index (χ2v) is 7.59. The molecule has 0 bridgehead atoms. The van der Waals surface area contributed by atoms with E-state index in [1.807, 2.05) is 42.3 Å². The van der Waals surface area contributed by atoms with Gasteiger partial charge in [-0.15, -0.1) is 0 Å². The number of amides is 1. The van der Waals surface area contributed by atoms with Crippen molar-refractivity contribution >= 4 is 22.6 Å². The summed E-state index contributed by atoms with van der Waals surface area (Å²) in [5.74, 6) is 0.308. The van der Waals surface area contributed by atoms with Gasteiger partial charge < -0.3 is 14.6 Å². The molecule has 1 aromatic heterocycles. The minimum absolute atomic E-state index is 0.130. The number of rotatable bonds is 5. The summed E-state index contributed by atoms with van der Waals surface area (Å²) in [5.41, 5.74) is 1.73. The van der Waals surface area contributed by atoms with Crippen LogP contribution in [0.15, 0.2) is 30.5 Å². The van der Waals surface area contributed by atoms with Crippen molar-refractivity contribution < 1.29 is 14.3 Å². The number of fused-ring (bicyclic) bond motifs is 1. The number of morpholine rings is 1. The smallest absolute Gasteiger partial charge is 0.236 e. The van der Waals surface area contributed by atoms with Gasteiger partial charge in [0.05, 0.1) is 25.8 Å². The third-order valence-electron chi connectivity index (χ3n) is 5.91. The Hall–Kier alpha value is -2.22. The lowest BCUT2D eigenvalue weighted by atomic mass is 10.0. The van der Waals surface area contributed by atoms with E-state index in [-0.39, 0.29) is 17.7 Å². The first-order valence-electron chi connectivity index (χ1n) is 10.1. The largest absolute Gasteiger partial charge is 0.379 e. The average Bonchev–Trinajstić information content (AvgIpc) is 3.17. The zero-order valence-corrected chi connectivity index (χ0v) is 16.4. The van der Waals surface area contributed by atoms with Crippen molar-refractivity contribution in [1.29, 1.82) is 0 Å². The molecule has 2 aliphatic heterocycles. The molecule has 1 N–H and O–H groups in total. The molecule has 0 aliphatic carbocycles. The molecule has 1 atom stereocenters. The van der Waals surface area contributed by atoms with Crippen molar-refractivity contribution in [3.63, 3.8) is 0 Å². The molecule has 4 rings (SSSR count). The maximum Gasteiger partial charge on any atom is 0.236 e. The van der Waals surface area contributed by atoms with Gasteiger partial charge in [0.25, 0.3) is 0 Å². The quantitative estimate of drug-likeness (QED) is 0.785. The molecule has 3 heterocycles. The number of aromatic amines is 1. The summed E-state index contributed by atoms with van der Waals surface area (Å²) in [6, 6.07) is 7.68. The number of carbonyl (C=O) groups is 2. The maximum atomic E-state index is 13.0. The fourth-order valence-corrected chi connectivity index (χ4v) is 4.08. The Balaban J connectivity index is 1.32. The predicted octanol–water partition coefficient (Wildman–Crippen LogP) is 1.22. The molecular formula is C21H28N4O3. The summed E-state index contributed by atoms with van der Waals surface area (Å²) in [7, 11) is 0. The number of aromatic nitrogens is 1.